The van der Waals surface area contributed by atoms with Crippen LogP contribution in [-0.2, 0) is 35.2 Å². The molecule has 0 saturated carbocycles. The maximum absolute atomic E-state index is 13.0. The van der Waals surface area contributed by atoms with E-state index in [9.17, 15) is 31.1 Å². The average molecular weight is 527 g/mol. The zero-order valence-electron chi connectivity index (χ0n) is 18.8. The monoisotopic (exact) mass is 527 g/mol. The zero-order valence-corrected chi connectivity index (χ0v) is 18.8. The number of aliphatic carboxylic acids is 1. The van der Waals surface area contributed by atoms with Crippen molar-refractivity contribution in [2.24, 2.45) is 5.16 Å². The fourth-order valence-electron chi connectivity index (χ4n) is 3.04. The van der Waals surface area contributed by atoms with Gasteiger partial charge in [0.25, 0.3) is 0 Å². The molecule has 0 saturated heterocycles. The Labute approximate surface area is 206 Å². The highest BCUT2D eigenvalue weighted by molar-refractivity contribution is 5.84. The lowest BCUT2D eigenvalue weighted by molar-refractivity contribution is -0.142. The van der Waals surface area contributed by atoms with E-state index in [0.717, 1.165) is 30.5 Å². The van der Waals surface area contributed by atoms with Crippen molar-refractivity contribution in [1.82, 2.24) is 0 Å². The summed E-state index contributed by atoms with van der Waals surface area (Å²) in [7, 11) is 0. The number of oxime groups is 1. The molecule has 12 heteroatoms. The number of hydrogen-bond acceptors (Lipinski definition) is 5. The summed E-state index contributed by atoms with van der Waals surface area (Å²) in [5.74, 6) is -0.897. The van der Waals surface area contributed by atoms with Crippen molar-refractivity contribution >= 4 is 12.2 Å². The number of carboxylic acid groups (broad SMARTS) is 1. The lowest BCUT2D eigenvalue weighted by Crippen LogP contribution is -2.07. The first kappa shape index (κ1) is 27.4. The molecule has 37 heavy (non-hydrogen) atoms. The maximum atomic E-state index is 13.0. The summed E-state index contributed by atoms with van der Waals surface area (Å²) in [4.78, 5) is 15.2. The number of ether oxygens (including phenoxy) is 2. The van der Waals surface area contributed by atoms with Gasteiger partial charge in [-0.2, -0.15) is 26.3 Å². The van der Waals surface area contributed by atoms with Crippen molar-refractivity contribution in [3.63, 3.8) is 0 Å². The van der Waals surface area contributed by atoms with Gasteiger partial charge < -0.3 is 19.4 Å². The van der Waals surface area contributed by atoms with Crippen LogP contribution in [0, 0.1) is 0 Å². The van der Waals surface area contributed by atoms with Gasteiger partial charge in [0.1, 0.15) is 24.7 Å². The van der Waals surface area contributed by atoms with Gasteiger partial charge in [0.05, 0.1) is 17.3 Å². The molecular formula is C25H19F6NO5. The summed E-state index contributed by atoms with van der Waals surface area (Å²) in [5.41, 5.74) is -0.936. The van der Waals surface area contributed by atoms with Crippen LogP contribution in [0.5, 0.6) is 11.5 Å². The van der Waals surface area contributed by atoms with Crippen LogP contribution < -0.4 is 9.47 Å². The summed E-state index contributed by atoms with van der Waals surface area (Å²) in [5, 5.41) is 12.2. The average Bonchev–Trinajstić information content (AvgIpc) is 2.84. The standard InChI is InChI=1S/C25H19F6NO5/c26-24(27,28)19-5-1-3-16(9-19)13-35-21-7-8-22(18(11-21)12-32-37-15-23(33)34)36-14-17-4-2-6-20(10-17)25(29,30)31/h1-12H,13-15H2,(H,33,34)/b32-12+. The fraction of sp³-hybridized carbons (Fsp3) is 0.200. The van der Waals surface area contributed by atoms with Crippen molar-refractivity contribution in [1.29, 1.82) is 0 Å². The molecule has 0 aliphatic rings. The Kier molecular flexibility index (Phi) is 8.64. The minimum absolute atomic E-state index is 0.159. The van der Waals surface area contributed by atoms with Gasteiger partial charge in [0.2, 0.25) is 6.61 Å². The van der Waals surface area contributed by atoms with Gasteiger partial charge in [-0.3, -0.25) is 0 Å². The van der Waals surface area contributed by atoms with E-state index in [-0.39, 0.29) is 41.4 Å². The first-order valence-corrected chi connectivity index (χ1v) is 10.5. The molecular weight excluding hydrogens is 508 g/mol. The topological polar surface area (TPSA) is 77.4 Å². The van der Waals surface area contributed by atoms with E-state index in [2.05, 4.69) is 9.99 Å². The van der Waals surface area contributed by atoms with Gasteiger partial charge in [-0.05, 0) is 53.6 Å². The molecule has 0 heterocycles. The van der Waals surface area contributed by atoms with Crippen LogP contribution in [0.15, 0.2) is 71.9 Å². The SMILES string of the molecule is O=C(O)CO/N=C/c1cc(OCc2cccc(C(F)(F)F)c2)ccc1OCc1cccc(C(F)(F)F)c1. The third-order valence-electron chi connectivity index (χ3n) is 4.74. The van der Waals surface area contributed by atoms with Crippen LogP contribution in [0.4, 0.5) is 26.3 Å². The molecule has 0 fully saturated rings. The van der Waals surface area contributed by atoms with Gasteiger partial charge in [0.15, 0.2) is 0 Å². The molecule has 0 bridgehead atoms. The molecule has 0 aromatic heterocycles. The molecule has 3 aromatic carbocycles. The summed E-state index contributed by atoms with van der Waals surface area (Å²) in [6.07, 6.45) is -7.91. The fourth-order valence-corrected chi connectivity index (χ4v) is 3.04. The Morgan fingerprint density at radius 2 is 1.38 bits per heavy atom. The molecule has 0 aliphatic heterocycles. The third kappa shape index (κ3) is 8.44. The van der Waals surface area contributed by atoms with E-state index in [0.29, 0.717) is 0 Å². The number of benzene rings is 3. The third-order valence-corrected chi connectivity index (χ3v) is 4.74. The Balaban J connectivity index is 1.77. The highest BCUT2D eigenvalue weighted by Gasteiger charge is 2.31. The number of carboxylic acids is 1. The lowest BCUT2D eigenvalue weighted by atomic mass is 10.1. The lowest BCUT2D eigenvalue weighted by Gasteiger charge is -2.13. The van der Waals surface area contributed by atoms with Crippen LogP contribution >= 0.6 is 0 Å². The smallest absolute Gasteiger partial charge is 0.416 e. The van der Waals surface area contributed by atoms with Crippen LogP contribution in [-0.4, -0.2) is 23.9 Å². The van der Waals surface area contributed by atoms with Crippen LogP contribution in [0.2, 0.25) is 0 Å². The van der Waals surface area contributed by atoms with E-state index in [1.807, 2.05) is 0 Å². The van der Waals surface area contributed by atoms with E-state index in [1.165, 1.54) is 42.5 Å². The zero-order chi connectivity index (χ0) is 27.1. The van der Waals surface area contributed by atoms with Crippen LogP contribution in [0.1, 0.15) is 27.8 Å². The Hall–Kier alpha value is -4.22. The number of rotatable bonds is 10. The first-order chi connectivity index (χ1) is 17.4. The second kappa shape index (κ2) is 11.7. The van der Waals surface area contributed by atoms with E-state index in [4.69, 9.17) is 14.6 Å². The van der Waals surface area contributed by atoms with Crippen LogP contribution in [0.25, 0.3) is 0 Å². The molecule has 6 nitrogen and oxygen atoms in total. The molecule has 0 unspecified atom stereocenters. The normalized spacial score (nSPS) is 11.9. The predicted molar refractivity (Wildman–Crippen MR) is 119 cm³/mol. The summed E-state index contributed by atoms with van der Waals surface area (Å²) < 4.78 is 88.9. The maximum Gasteiger partial charge on any atom is 0.416 e. The first-order valence-electron chi connectivity index (χ1n) is 10.5. The van der Waals surface area contributed by atoms with Gasteiger partial charge in [-0.1, -0.05) is 29.4 Å². The van der Waals surface area contributed by atoms with Crippen molar-refractivity contribution in [3.05, 3.63) is 94.5 Å². The number of carbonyl (C=O) groups is 1. The van der Waals surface area contributed by atoms with Crippen molar-refractivity contribution in [2.45, 2.75) is 25.6 Å². The molecule has 0 aliphatic carbocycles. The number of nitrogens with zero attached hydrogens (tertiary/aromatic N) is 1. The molecule has 196 valence electrons. The minimum atomic E-state index is -4.52. The molecule has 0 amide bonds. The second-order valence-corrected chi connectivity index (χ2v) is 7.57. The number of alkyl halides is 6. The molecule has 0 spiro atoms. The minimum Gasteiger partial charge on any atom is -0.489 e. The molecule has 0 radical (unpaired) electrons. The summed E-state index contributed by atoms with van der Waals surface area (Å²) in [6, 6.07) is 13.4. The van der Waals surface area contributed by atoms with E-state index in [1.54, 1.807) is 0 Å². The van der Waals surface area contributed by atoms with Gasteiger partial charge >= 0.3 is 18.3 Å². The van der Waals surface area contributed by atoms with Gasteiger partial charge in [-0.15, -0.1) is 0 Å². The molecule has 3 rings (SSSR count). The Morgan fingerprint density at radius 1 is 0.811 bits per heavy atom. The quantitative estimate of drug-likeness (QED) is 0.190. The number of hydrogen-bond donors (Lipinski definition) is 1. The predicted octanol–water partition coefficient (Wildman–Crippen LogP) is 6.32. The largest absolute Gasteiger partial charge is 0.489 e. The Bertz CT molecular complexity index is 1260. The molecule has 1 N–H and O–H groups in total. The second-order valence-electron chi connectivity index (χ2n) is 7.57. The highest BCUT2D eigenvalue weighted by Crippen LogP contribution is 2.31. The van der Waals surface area contributed by atoms with E-state index < -0.39 is 36.1 Å². The van der Waals surface area contributed by atoms with Gasteiger partial charge in [-0.25, -0.2) is 4.79 Å². The molecule has 0 atom stereocenters. The van der Waals surface area contributed by atoms with Gasteiger partial charge in [0, 0.05) is 5.56 Å². The summed E-state index contributed by atoms with van der Waals surface area (Å²) in [6.45, 7) is -1.14. The van der Waals surface area contributed by atoms with Crippen molar-refractivity contribution in [2.75, 3.05) is 6.61 Å². The van der Waals surface area contributed by atoms with E-state index >= 15 is 0 Å². The molecule has 3 aromatic rings. The van der Waals surface area contributed by atoms with Crippen LogP contribution in [0.3, 0.4) is 0 Å². The Morgan fingerprint density at radius 3 is 1.92 bits per heavy atom. The highest BCUT2D eigenvalue weighted by atomic mass is 19.4. The van der Waals surface area contributed by atoms with Crippen molar-refractivity contribution < 1.29 is 50.6 Å². The summed E-state index contributed by atoms with van der Waals surface area (Å²) >= 11 is 0. The number of halogens is 6. The van der Waals surface area contributed by atoms with Crippen molar-refractivity contribution in [3.8, 4) is 11.5 Å².